The SMILES string of the molecule is CCc1cnc(CNC(=O)CC(C)N)s1.Cl.Cl. The van der Waals surface area contributed by atoms with Crippen molar-refractivity contribution < 1.29 is 4.79 Å². The number of nitrogens with zero attached hydrogens (tertiary/aromatic N) is 1. The first kappa shape index (κ1) is 19.0. The van der Waals surface area contributed by atoms with Gasteiger partial charge < -0.3 is 11.1 Å². The van der Waals surface area contributed by atoms with Crippen molar-refractivity contribution >= 4 is 42.1 Å². The molecule has 17 heavy (non-hydrogen) atoms. The van der Waals surface area contributed by atoms with Gasteiger partial charge in [-0.25, -0.2) is 4.98 Å². The summed E-state index contributed by atoms with van der Waals surface area (Å²) in [7, 11) is 0. The molecule has 100 valence electrons. The summed E-state index contributed by atoms with van der Waals surface area (Å²) in [5.41, 5.74) is 5.51. The van der Waals surface area contributed by atoms with E-state index in [1.165, 1.54) is 4.88 Å². The predicted octanol–water partition coefficient (Wildman–Crippen LogP) is 1.90. The topological polar surface area (TPSA) is 68.0 Å². The summed E-state index contributed by atoms with van der Waals surface area (Å²) in [6.07, 6.45) is 3.22. The number of amides is 1. The van der Waals surface area contributed by atoms with Crippen LogP contribution in [0.25, 0.3) is 0 Å². The average molecular weight is 300 g/mol. The Morgan fingerprint density at radius 2 is 2.24 bits per heavy atom. The molecule has 0 fully saturated rings. The van der Waals surface area contributed by atoms with Crippen molar-refractivity contribution in [3.05, 3.63) is 16.1 Å². The monoisotopic (exact) mass is 299 g/mol. The van der Waals surface area contributed by atoms with Gasteiger partial charge in [0.25, 0.3) is 0 Å². The molecule has 7 heteroatoms. The fourth-order valence-electron chi connectivity index (χ4n) is 1.13. The van der Waals surface area contributed by atoms with Gasteiger partial charge in [0, 0.05) is 23.5 Å². The molecule has 3 N–H and O–H groups in total. The van der Waals surface area contributed by atoms with Crippen LogP contribution in [0.1, 0.15) is 30.2 Å². The summed E-state index contributed by atoms with van der Waals surface area (Å²) in [5, 5.41) is 3.75. The molecule has 0 bridgehead atoms. The van der Waals surface area contributed by atoms with Gasteiger partial charge in [0.1, 0.15) is 5.01 Å². The summed E-state index contributed by atoms with van der Waals surface area (Å²) in [6, 6.07) is -0.0903. The molecule has 0 aliphatic rings. The van der Waals surface area contributed by atoms with Gasteiger partial charge >= 0.3 is 0 Å². The second-order valence-electron chi connectivity index (χ2n) is 3.53. The zero-order valence-electron chi connectivity index (χ0n) is 9.93. The van der Waals surface area contributed by atoms with Crippen LogP contribution in [0.3, 0.4) is 0 Å². The molecule has 1 rings (SSSR count). The lowest BCUT2D eigenvalue weighted by Crippen LogP contribution is -2.29. The summed E-state index contributed by atoms with van der Waals surface area (Å²) < 4.78 is 0. The van der Waals surface area contributed by atoms with Crippen molar-refractivity contribution in [2.24, 2.45) is 5.73 Å². The average Bonchev–Trinajstić information content (AvgIpc) is 2.61. The zero-order valence-corrected chi connectivity index (χ0v) is 12.4. The molecule has 1 aromatic heterocycles. The molecular weight excluding hydrogens is 281 g/mol. The van der Waals surface area contributed by atoms with Crippen molar-refractivity contribution in [1.82, 2.24) is 10.3 Å². The highest BCUT2D eigenvalue weighted by Crippen LogP contribution is 2.12. The number of rotatable bonds is 5. The Kier molecular flexibility index (Phi) is 10.8. The summed E-state index contributed by atoms with van der Waals surface area (Å²) >= 11 is 1.64. The van der Waals surface area contributed by atoms with Crippen molar-refractivity contribution in [3.63, 3.8) is 0 Å². The van der Waals surface area contributed by atoms with E-state index in [0.717, 1.165) is 11.4 Å². The maximum atomic E-state index is 11.3. The Labute approximate surface area is 118 Å². The maximum Gasteiger partial charge on any atom is 0.221 e. The third-order valence-corrected chi connectivity index (χ3v) is 3.04. The van der Waals surface area contributed by atoms with Gasteiger partial charge in [0.15, 0.2) is 0 Å². The van der Waals surface area contributed by atoms with Gasteiger partial charge in [-0.2, -0.15) is 0 Å². The van der Waals surface area contributed by atoms with E-state index in [4.69, 9.17) is 5.73 Å². The Balaban J connectivity index is 0. The summed E-state index contributed by atoms with van der Waals surface area (Å²) in [4.78, 5) is 16.7. The first-order valence-electron chi connectivity index (χ1n) is 5.07. The van der Waals surface area contributed by atoms with E-state index in [9.17, 15) is 4.79 Å². The number of carbonyl (C=O) groups excluding carboxylic acids is 1. The normalized spacial score (nSPS) is 11.0. The zero-order chi connectivity index (χ0) is 11.3. The van der Waals surface area contributed by atoms with Crippen LogP contribution in [-0.4, -0.2) is 16.9 Å². The smallest absolute Gasteiger partial charge is 0.221 e. The standard InChI is InChI=1S/C10H17N3OS.2ClH/c1-3-8-5-13-10(15-8)6-12-9(14)4-7(2)11;;/h5,7H,3-4,6,11H2,1-2H3,(H,12,14);2*1H. The van der Waals surface area contributed by atoms with Crippen molar-refractivity contribution in [1.29, 1.82) is 0 Å². The molecule has 0 spiro atoms. The van der Waals surface area contributed by atoms with Crippen molar-refractivity contribution in [2.75, 3.05) is 0 Å². The maximum absolute atomic E-state index is 11.3. The van der Waals surface area contributed by atoms with E-state index in [1.54, 1.807) is 11.3 Å². The highest BCUT2D eigenvalue weighted by molar-refractivity contribution is 7.11. The number of hydrogen-bond acceptors (Lipinski definition) is 4. The first-order chi connectivity index (χ1) is 7.11. The summed E-state index contributed by atoms with van der Waals surface area (Å²) in [5.74, 6) is -0.0155. The lowest BCUT2D eigenvalue weighted by atomic mass is 10.2. The van der Waals surface area contributed by atoms with Gasteiger partial charge in [-0.3, -0.25) is 4.79 Å². The number of halogens is 2. The molecular formula is C10H19Cl2N3OS. The molecule has 1 atom stereocenters. The van der Waals surface area contributed by atoms with Crippen molar-refractivity contribution in [2.45, 2.75) is 39.3 Å². The molecule has 1 amide bonds. The van der Waals surface area contributed by atoms with Crippen molar-refractivity contribution in [3.8, 4) is 0 Å². The second-order valence-corrected chi connectivity index (χ2v) is 4.73. The molecule has 4 nitrogen and oxygen atoms in total. The van der Waals surface area contributed by atoms with E-state index in [1.807, 2.05) is 13.1 Å². The van der Waals surface area contributed by atoms with E-state index in [2.05, 4.69) is 17.2 Å². The molecule has 1 aromatic rings. The van der Waals surface area contributed by atoms with Crippen LogP contribution in [0.2, 0.25) is 0 Å². The molecule has 0 aliphatic carbocycles. The first-order valence-corrected chi connectivity index (χ1v) is 5.89. The van der Waals surface area contributed by atoms with Crippen LogP contribution in [0.5, 0.6) is 0 Å². The van der Waals surface area contributed by atoms with E-state index in [-0.39, 0.29) is 36.8 Å². The quantitative estimate of drug-likeness (QED) is 0.872. The predicted molar refractivity (Wildman–Crippen MR) is 76.1 cm³/mol. The lowest BCUT2D eigenvalue weighted by molar-refractivity contribution is -0.121. The number of nitrogens with two attached hydrogens (primary N) is 1. The molecule has 1 heterocycles. The van der Waals surface area contributed by atoms with E-state index >= 15 is 0 Å². The van der Waals surface area contributed by atoms with Gasteiger partial charge in [0.2, 0.25) is 5.91 Å². The minimum absolute atomic E-state index is 0. The highest BCUT2D eigenvalue weighted by atomic mass is 35.5. The minimum Gasteiger partial charge on any atom is -0.350 e. The molecule has 0 saturated carbocycles. The van der Waals surface area contributed by atoms with Crippen LogP contribution in [0, 0.1) is 0 Å². The highest BCUT2D eigenvalue weighted by Gasteiger charge is 2.06. The van der Waals surface area contributed by atoms with Gasteiger partial charge in [0.05, 0.1) is 6.54 Å². The molecule has 0 radical (unpaired) electrons. The lowest BCUT2D eigenvalue weighted by Gasteiger charge is -2.04. The molecule has 0 aliphatic heterocycles. The third kappa shape index (κ3) is 7.54. The largest absolute Gasteiger partial charge is 0.350 e. The van der Waals surface area contributed by atoms with E-state index in [0.29, 0.717) is 13.0 Å². The number of aryl methyl sites for hydroxylation is 1. The van der Waals surface area contributed by atoms with Crippen LogP contribution in [0.4, 0.5) is 0 Å². The van der Waals surface area contributed by atoms with Crippen LogP contribution in [-0.2, 0) is 17.8 Å². The Bertz CT molecular complexity index is 331. The second kappa shape index (κ2) is 9.65. The Morgan fingerprint density at radius 1 is 1.59 bits per heavy atom. The molecule has 0 saturated heterocycles. The van der Waals surface area contributed by atoms with Gasteiger partial charge in [-0.1, -0.05) is 6.92 Å². The fourth-order valence-corrected chi connectivity index (χ4v) is 1.93. The van der Waals surface area contributed by atoms with Crippen LogP contribution < -0.4 is 11.1 Å². The van der Waals surface area contributed by atoms with Gasteiger partial charge in [-0.05, 0) is 13.3 Å². The summed E-state index contributed by atoms with van der Waals surface area (Å²) in [6.45, 7) is 4.42. The molecule has 0 aromatic carbocycles. The molecule has 1 unspecified atom stereocenters. The number of thiazole rings is 1. The minimum atomic E-state index is -0.0903. The number of nitrogens with one attached hydrogen (secondary N) is 1. The van der Waals surface area contributed by atoms with Crippen LogP contribution >= 0.6 is 36.2 Å². The van der Waals surface area contributed by atoms with Gasteiger partial charge in [-0.15, -0.1) is 36.2 Å². The number of hydrogen-bond donors (Lipinski definition) is 2. The fraction of sp³-hybridized carbons (Fsp3) is 0.600. The Morgan fingerprint density at radius 3 is 2.71 bits per heavy atom. The van der Waals surface area contributed by atoms with E-state index < -0.39 is 0 Å². The number of carbonyl (C=O) groups is 1. The number of aromatic nitrogens is 1. The van der Waals surface area contributed by atoms with Crippen LogP contribution in [0.15, 0.2) is 6.20 Å². The third-order valence-electron chi connectivity index (χ3n) is 1.89. The Hall–Kier alpha value is -0.360.